The lowest BCUT2D eigenvalue weighted by molar-refractivity contribution is 0.130. The Labute approximate surface area is 127 Å². The van der Waals surface area contributed by atoms with Crippen molar-refractivity contribution < 1.29 is 9.53 Å². The highest BCUT2D eigenvalue weighted by Crippen LogP contribution is 2.18. The molecule has 1 amide bonds. The highest BCUT2D eigenvalue weighted by Gasteiger charge is 2.09. The smallest absolute Gasteiger partial charge is 0.413 e. The zero-order valence-corrected chi connectivity index (χ0v) is 12.4. The molecule has 0 spiro atoms. The SMILES string of the molecule is CC(C)OC(=O)Nc1cc(Cl)nc(Nc2ccccc2)n1. The first kappa shape index (κ1) is 15.1. The van der Waals surface area contributed by atoms with E-state index in [1.165, 1.54) is 6.07 Å². The summed E-state index contributed by atoms with van der Waals surface area (Å²) in [5.41, 5.74) is 0.815. The summed E-state index contributed by atoms with van der Waals surface area (Å²) < 4.78 is 4.98. The van der Waals surface area contributed by atoms with Crippen LogP contribution in [0.2, 0.25) is 5.15 Å². The van der Waals surface area contributed by atoms with Crippen LogP contribution < -0.4 is 10.6 Å². The molecule has 2 N–H and O–H groups in total. The maximum Gasteiger partial charge on any atom is 0.413 e. The molecule has 0 aliphatic heterocycles. The van der Waals surface area contributed by atoms with Crippen LogP contribution >= 0.6 is 11.6 Å². The topological polar surface area (TPSA) is 76.1 Å². The zero-order chi connectivity index (χ0) is 15.2. The summed E-state index contributed by atoms with van der Waals surface area (Å²) in [7, 11) is 0. The van der Waals surface area contributed by atoms with Crippen molar-refractivity contribution in [2.75, 3.05) is 10.6 Å². The third-order valence-corrected chi connectivity index (χ3v) is 2.49. The Balaban J connectivity index is 2.12. The highest BCUT2D eigenvalue weighted by molar-refractivity contribution is 6.29. The molecule has 1 aromatic carbocycles. The van der Waals surface area contributed by atoms with Gasteiger partial charge in [-0.2, -0.15) is 4.98 Å². The lowest BCUT2D eigenvalue weighted by Crippen LogP contribution is -2.19. The Kier molecular flexibility index (Phi) is 4.94. The second-order valence-corrected chi connectivity index (χ2v) is 4.86. The summed E-state index contributed by atoms with van der Waals surface area (Å²) in [6.45, 7) is 3.52. The molecule has 1 heterocycles. The second-order valence-electron chi connectivity index (χ2n) is 4.47. The Bertz CT molecular complexity index is 620. The van der Waals surface area contributed by atoms with Gasteiger partial charge in [0.2, 0.25) is 5.95 Å². The number of ether oxygens (including phenoxy) is 1. The van der Waals surface area contributed by atoms with Crippen LogP contribution in [0, 0.1) is 0 Å². The fourth-order valence-electron chi connectivity index (χ4n) is 1.54. The minimum atomic E-state index is -0.592. The summed E-state index contributed by atoms with van der Waals surface area (Å²) in [5, 5.41) is 5.72. The lowest BCUT2D eigenvalue weighted by atomic mass is 10.3. The van der Waals surface area contributed by atoms with Crippen LogP contribution in [0.3, 0.4) is 0 Å². The number of halogens is 1. The standard InChI is InChI=1S/C14H15ClN4O2/c1-9(2)21-14(20)19-12-8-11(15)17-13(18-12)16-10-6-4-3-5-7-10/h3-9H,1-2H3,(H2,16,17,18,19,20). The summed E-state index contributed by atoms with van der Waals surface area (Å²) >= 11 is 5.92. The van der Waals surface area contributed by atoms with Gasteiger partial charge in [0.25, 0.3) is 0 Å². The predicted octanol–water partition coefficient (Wildman–Crippen LogP) is 3.83. The van der Waals surface area contributed by atoms with Crippen molar-refractivity contribution in [1.82, 2.24) is 9.97 Å². The number of carbonyl (C=O) groups is 1. The summed E-state index contributed by atoms with van der Waals surface area (Å²) in [4.78, 5) is 19.8. The van der Waals surface area contributed by atoms with Crippen molar-refractivity contribution in [3.63, 3.8) is 0 Å². The average molecular weight is 307 g/mol. The number of hydrogen-bond acceptors (Lipinski definition) is 5. The normalized spacial score (nSPS) is 10.3. The number of benzene rings is 1. The minimum absolute atomic E-state index is 0.211. The van der Waals surface area contributed by atoms with E-state index in [0.717, 1.165) is 5.69 Å². The van der Waals surface area contributed by atoms with Crippen LogP contribution in [0.25, 0.3) is 0 Å². The Morgan fingerprint density at radius 1 is 1.24 bits per heavy atom. The molecule has 0 atom stereocenters. The molecule has 21 heavy (non-hydrogen) atoms. The van der Waals surface area contributed by atoms with Gasteiger partial charge >= 0.3 is 6.09 Å². The number of hydrogen-bond donors (Lipinski definition) is 2. The van der Waals surface area contributed by atoms with Crippen LogP contribution in [0.4, 0.5) is 22.2 Å². The molecule has 2 rings (SSSR count). The summed E-state index contributed by atoms with van der Waals surface area (Å²) in [5.74, 6) is 0.549. The van der Waals surface area contributed by atoms with Crippen LogP contribution in [0.1, 0.15) is 13.8 Å². The molecule has 0 saturated heterocycles. The van der Waals surface area contributed by atoms with Crippen molar-refractivity contribution in [3.8, 4) is 0 Å². The molecule has 0 unspecified atom stereocenters. The van der Waals surface area contributed by atoms with E-state index in [-0.39, 0.29) is 23.0 Å². The number of aromatic nitrogens is 2. The van der Waals surface area contributed by atoms with Crippen LogP contribution in [-0.4, -0.2) is 22.2 Å². The van der Waals surface area contributed by atoms with Gasteiger partial charge in [-0.3, -0.25) is 5.32 Å². The van der Waals surface area contributed by atoms with E-state index in [4.69, 9.17) is 16.3 Å². The van der Waals surface area contributed by atoms with Crippen LogP contribution in [0.15, 0.2) is 36.4 Å². The largest absolute Gasteiger partial charge is 0.447 e. The van der Waals surface area contributed by atoms with E-state index >= 15 is 0 Å². The number of nitrogens with one attached hydrogen (secondary N) is 2. The van der Waals surface area contributed by atoms with Crippen LogP contribution in [0.5, 0.6) is 0 Å². The number of rotatable bonds is 4. The third kappa shape index (κ3) is 4.92. The molecular weight excluding hydrogens is 292 g/mol. The van der Waals surface area contributed by atoms with Gasteiger partial charge in [-0.05, 0) is 26.0 Å². The monoisotopic (exact) mass is 306 g/mol. The van der Waals surface area contributed by atoms with Gasteiger partial charge in [0, 0.05) is 11.8 Å². The quantitative estimate of drug-likeness (QED) is 0.840. The molecule has 110 valence electrons. The molecule has 0 bridgehead atoms. The molecular formula is C14H15ClN4O2. The molecule has 7 heteroatoms. The minimum Gasteiger partial charge on any atom is -0.447 e. The van der Waals surface area contributed by atoms with E-state index in [1.807, 2.05) is 30.3 Å². The Morgan fingerprint density at radius 2 is 1.95 bits per heavy atom. The van der Waals surface area contributed by atoms with Crippen molar-refractivity contribution in [2.24, 2.45) is 0 Å². The molecule has 0 saturated carbocycles. The van der Waals surface area contributed by atoms with Gasteiger partial charge in [-0.1, -0.05) is 29.8 Å². The van der Waals surface area contributed by atoms with E-state index in [1.54, 1.807) is 13.8 Å². The molecule has 6 nitrogen and oxygen atoms in total. The number of nitrogens with zero attached hydrogens (tertiary/aromatic N) is 2. The first-order chi connectivity index (χ1) is 10.0. The first-order valence-corrected chi connectivity index (χ1v) is 6.75. The van der Waals surface area contributed by atoms with Gasteiger partial charge in [-0.15, -0.1) is 0 Å². The molecule has 0 fully saturated rings. The van der Waals surface area contributed by atoms with Gasteiger partial charge < -0.3 is 10.1 Å². The number of para-hydroxylation sites is 1. The van der Waals surface area contributed by atoms with Crippen molar-refractivity contribution >= 4 is 35.1 Å². The third-order valence-electron chi connectivity index (χ3n) is 2.30. The highest BCUT2D eigenvalue weighted by atomic mass is 35.5. The number of carbonyl (C=O) groups excluding carboxylic acids is 1. The van der Waals surface area contributed by atoms with E-state index in [2.05, 4.69) is 20.6 Å². The molecule has 0 radical (unpaired) electrons. The van der Waals surface area contributed by atoms with Crippen molar-refractivity contribution in [3.05, 3.63) is 41.6 Å². The molecule has 0 aliphatic carbocycles. The van der Waals surface area contributed by atoms with Gasteiger partial charge in [0.1, 0.15) is 11.0 Å². The molecule has 0 aliphatic rings. The number of anilines is 3. The fourth-order valence-corrected chi connectivity index (χ4v) is 1.72. The first-order valence-electron chi connectivity index (χ1n) is 6.37. The summed E-state index contributed by atoms with van der Waals surface area (Å²) in [6, 6.07) is 10.8. The van der Waals surface area contributed by atoms with Crippen molar-refractivity contribution in [1.29, 1.82) is 0 Å². The second kappa shape index (κ2) is 6.90. The van der Waals surface area contributed by atoms with Crippen molar-refractivity contribution in [2.45, 2.75) is 20.0 Å². The molecule has 2 aromatic rings. The predicted molar refractivity (Wildman–Crippen MR) is 82.0 cm³/mol. The lowest BCUT2D eigenvalue weighted by Gasteiger charge is -2.10. The van der Waals surface area contributed by atoms with E-state index in [9.17, 15) is 4.79 Å². The van der Waals surface area contributed by atoms with Gasteiger partial charge in [-0.25, -0.2) is 9.78 Å². The Hall–Kier alpha value is -2.34. The molecule has 1 aromatic heterocycles. The van der Waals surface area contributed by atoms with Gasteiger partial charge in [0.05, 0.1) is 6.10 Å². The van der Waals surface area contributed by atoms with Crippen LogP contribution in [-0.2, 0) is 4.74 Å². The van der Waals surface area contributed by atoms with E-state index in [0.29, 0.717) is 0 Å². The Morgan fingerprint density at radius 3 is 2.62 bits per heavy atom. The zero-order valence-electron chi connectivity index (χ0n) is 11.6. The number of amides is 1. The maximum absolute atomic E-state index is 11.5. The summed E-state index contributed by atoms with van der Waals surface area (Å²) in [6.07, 6.45) is -0.811. The average Bonchev–Trinajstić information content (AvgIpc) is 2.37. The van der Waals surface area contributed by atoms with E-state index < -0.39 is 6.09 Å². The maximum atomic E-state index is 11.5. The fraction of sp³-hybridized carbons (Fsp3) is 0.214. The van der Waals surface area contributed by atoms with Gasteiger partial charge in [0.15, 0.2) is 0 Å².